The van der Waals surface area contributed by atoms with Gasteiger partial charge in [0.25, 0.3) is 0 Å². The fourth-order valence-electron chi connectivity index (χ4n) is 3.72. The SMILES string of the molecule is CC1CCN(Cc2ccc3nc(NC(=O)CCCOc4ccccc4)sc3c2)CC1. The van der Waals surface area contributed by atoms with Gasteiger partial charge in [-0.25, -0.2) is 4.98 Å². The molecule has 1 amide bonds. The monoisotopic (exact) mass is 423 g/mol. The van der Waals surface area contributed by atoms with Gasteiger partial charge in [-0.1, -0.05) is 42.5 Å². The lowest BCUT2D eigenvalue weighted by atomic mass is 9.99. The molecule has 1 aliphatic heterocycles. The minimum atomic E-state index is -0.0200. The number of carbonyl (C=O) groups excluding carboxylic acids is 1. The molecule has 1 saturated heterocycles. The van der Waals surface area contributed by atoms with Crippen molar-refractivity contribution in [1.82, 2.24) is 9.88 Å². The third kappa shape index (κ3) is 5.80. The number of anilines is 1. The molecule has 0 aliphatic carbocycles. The predicted molar refractivity (Wildman–Crippen MR) is 123 cm³/mol. The zero-order chi connectivity index (χ0) is 20.8. The van der Waals surface area contributed by atoms with Crippen LogP contribution in [0.4, 0.5) is 5.13 Å². The number of piperidine rings is 1. The van der Waals surface area contributed by atoms with Crippen LogP contribution in [0.25, 0.3) is 10.2 Å². The number of amides is 1. The number of benzene rings is 2. The van der Waals surface area contributed by atoms with E-state index in [1.54, 1.807) is 11.3 Å². The second-order valence-corrected chi connectivity index (χ2v) is 9.12. The molecule has 0 bridgehead atoms. The van der Waals surface area contributed by atoms with E-state index in [9.17, 15) is 4.79 Å². The van der Waals surface area contributed by atoms with Crippen molar-refractivity contribution in [3.8, 4) is 5.75 Å². The lowest BCUT2D eigenvalue weighted by Gasteiger charge is -2.30. The van der Waals surface area contributed by atoms with E-state index >= 15 is 0 Å². The highest BCUT2D eigenvalue weighted by Gasteiger charge is 2.16. The standard InChI is InChI=1S/C24H29N3O2S/c1-18-11-13-27(14-12-18)17-19-9-10-21-22(16-19)30-24(25-21)26-23(28)8-5-15-29-20-6-3-2-4-7-20/h2-4,6-7,9-10,16,18H,5,8,11-15,17H2,1H3,(H,25,26,28). The molecule has 0 saturated carbocycles. The third-order valence-electron chi connectivity index (χ3n) is 5.54. The largest absolute Gasteiger partial charge is 0.494 e. The summed E-state index contributed by atoms with van der Waals surface area (Å²) >= 11 is 1.55. The van der Waals surface area contributed by atoms with Crippen LogP contribution in [0.5, 0.6) is 5.75 Å². The van der Waals surface area contributed by atoms with Crippen LogP contribution in [0.1, 0.15) is 38.2 Å². The van der Waals surface area contributed by atoms with Gasteiger partial charge in [-0.3, -0.25) is 9.69 Å². The second-order valence-electron chi connectivity index (χ2n) is 8.09. The quantitative estimate of drug-likeness (QED) is 0.498. The Hall–Kier alpha value is -2.44. The number of hydrogen-bond acceptors (Lipinski definition) is 5. The fourth-order valence-corrected chi connectivity index (χ4v) is 4.67. The number of ether oxygens (including phenoxy) is 1. The van der Waals surface area contributed by atoms with Gasteiger partial charge < -0.3 is 10.1 Å². The molecule has 6 heteroatoms. The molecule has 5 nitrogen and oxygen atoms in total. The van der Waals surface area contributed by atoms with Gasteiger partial charge in [-0.15, -0.1) is 0 Å². The Kier molecular flexibility index (Phi) is 6.97. The summed E-state index contributed by atoms with van der Waals surface area (Å²) in [6, 6.07) is 16.1. The average molecular weight is 424 g/mol. The van der Waals surface area contributed by atoms with Crippen molar-refractivity contribution in [2.75, 3.05) is 25.0 Å². The summed E-state index contributed by atoms with van der Waals surface area (Å²) in [5.74, 6) is 1.66. The van der Waals surface area contributed by atoms with Gasteiger partial charge in [0.05, 0.1) is 16.8 Å². The van der Waals surface area contributed by atoms with Gasteiger partial charge >= 0.3 is 0 Å². The molecule has 4 rings (SSSR count). The number of para-hydroxylation sites is 1. The van der Waals surface area contributed by atoms with Gasteiger partial charge in [-0.05, 0) is 68.1 Å². The summed E-state index contributed by atoms with van der Waals surface area (Å²) in [5, 5.41) is 3.61. The van der Waals surface area contributed by atoms with Crippen LogP contribution in [-0.2, 0) is 11.3 Å². The number of thiazole rings is 1. The molecular weight excluding hydrogens is 394 g/mol. The Morgan fingerprint density at radius 1 is 1.20 bits per heavy atom. The lowest BCUT2D eigenvalue weighted by Crippen LogP contribution is -2.32. The van der Waals surface area contributed by atoms with Crippen LogP contribution in [0, 0.1) is 5.92 Å². The van der Waals surface area contributed by atoms with Crippen LogP contribution in [0.2, 0.25) is 0 Å². The topological polar surface area (TPSA) is 54.5 Å². The third-order valence-corrected chi connectivity index (χ3v) is 6.48. The number of hydrogen-bond donors (Lipinski definition) is 1. The van der Waals surface area contributed by atoms with Crippen molar-refractivity contribution in [1.29, 1.82) is 0 Å². The fraction of sp³-hybridized carbons (Fsp3) is 0.417. The predicted octanol–water partition coefficient (Wildman–Crippen LogP) is 5.33. The summed E-state index contributed by atoms with van der Waals surface area (Å²) in [6.07, 6.45) is 3.66. The lowest BCUT2D eigenvalue weighted by molar-refractivity contribution is -0.116. The van der Waals surface area contributed by atoms with Crippen LogP contribution in [0.15, 0.2) is 48.5 Å². The van der Waals surface area contributed by atoms with Gasteiger partial charge in [0.1, 0.15) is 5.75 Å². The van der Waals surface area contributed by atoms with Crippen molar-refractivity contribution in [3.05, 3.63) is 54.1 Å². The van der Waals surface area contributed by atoms with Crippen molar-refractivity contribution in [3.63, 3.8) is 0 Å². The molecule has 30 heavy (non-hydrogen) atoms. The van der Waals surface area contributed by atoms with Crippen molar-refractivity contribution >= 4 is 32.6 Å². The van der Waals surface area contributed by atoms with E-state index in [1.807, 2.05) is 30.3 Å². The molecule has 1 aliphatic rings. The molecule has 2 aromatic carbocycles. The molecule has 0 unspecified atom stereocenters. The molecular formula is C24H29N3O2S. The van der Waals surface area contributed by atoms with Crippen LogP contribution >= 0.6 is 11.3 Å². The van der Waals surface area contributed by atoms with Gasteiger partial charge in [0.15, 0.2) is 5.13 Å². The molecule has 1 fully saturated rings. The number of carbonyl (C=O) groups is 1. The van der Waals surface area contributed by atoms with E-state index in [-0.39, 0.29) is 5.91 Å². The van der Waals surface area contributed by atoms with Gasteiger partial charge in [0.2, 0.25) is 5.91 Å². The Bertz CT molecular complexity index is 965. The highest BCUT2D eigenvalue weighted by atomic mass is 32.1. The van der Waals surface area contributed by atoms with Crippen LogP contribution < -0.4 is 10.1 Å². The maximum absolute atomic E-state index is 12.3. The molecule has 0 atom stereocenters. The number of aromatic nitrogens is 1. The molecule has 1 aromatic heterocycles. The summed E-state index contributed by atoms with van der Waals surface area (Å²) in [4.78, 5) is 19.3. The molecule has 3 aromatic rings. The normalized spacial score (nSPS) is 15.4. The molecule has 2 heterocycles. The summed E-state index contributed by atoms with van der Waals surface area (Å²) in [5.41, 5.74) is 2.26. The number of fused-ring (bicyclic) bond motifs is 1. The molecule has 158 valence electrons. The van der Waals surface area contributed by atoms with Crippen molar-refractivity contribution in [2.24, 2.45) is 5.92 Å². The summed E-state index contributed by atoms with van der Waals surface area (Å²) < 4.78 is 6.76. The Morgan fingerprint density at radius 2 is 2.00 bits per heavy atom. The zero-order valence-electron chi connectivity index (χ0n) is 17.5. The Morgan fingerprint density at radius 3 is 2.80 bits per heavy atom. The Labute approximate surface area is 182 Å². The summed E-state index contributed by atoms with van der Waals surface area (Å²) in [6.45, 7) is 6.21. The maximum Gasteiger partial charge on any atom is 0.226 e. The first-order valence-electron chi connectivity index (χ1n) is 10.8. The summed E-state index contributed by atoms with van der Waals surface area (Å²) in [7, 11) is 0. The van der Waals surface area contributed by atoms with Gasteiger partial charge in [-0.2, -0.15) is 0 Å². The van der Waals surface area contributed by atoms with Crippen molar-refractivity contribution in [2.45, 2.75) is 39.2 Å². The maximum atomic E-state index is 12.3. The van der Waals surface area contributed by atoms with Crippen LogP contribution in [-0.4, -0.2) is 35.5 Å². The van der Waals surface area contributed by atoms with E-state index in [0.29, 0.717) is 24.6 Å². The highest BCUT2D eigenvalue weighted by molar-refractivity contribution is 7.22. The van der Waals surface area contributed by atoms with E-state index in [0.717, 1.165) is 28.4 Å². The minimum absolute atomic E-state index is 0.0200. The van der Waals surface area contributed by atoms with E-state index in [1.165, 1.54) is 31.5 Å². The number of nitrogens with one attached hydrogen (secondary N) is 1. The molecule has 0 radical (unpaired) electrons. The first kappa shape index (κ1) is 20.8. The van der Waals surface area contributed by atoms with Crippen molar-refractivity contribution < 1.29 is 9.53 Å². The van der Waals surface area contributed by atoms with E-state index < -0.39 is 0 Å². The molecule has 0 spiro atoms. The minimum Gasteiger partial charge on any atom is -0.494 e. The highest BCUT2D eigenvalue weighted by Crippen LogP contribution is 2.28. The smallest absolute Gasteiger partial charge is 0.226 e. The zero-order valence-corrected chi connectivity index (χ0v) is 18.3. The number of nitrogens with zero attached hydrogens (tertiary/aromatic N) is 2. The number of likely N-dealkylation sites (tertiary alicyclic amines) is 1. The van der Waals surface area contributed by atoms with E-state index in [2.05, 4.69) is 40.3 Å². The second kappa shape index (κ2) is 10.0. The van der Waals surface area contributed by atoms with Crippen LogP contribution in [0.3, 0.4) is 0 Å². The first-order chi connectivity index (χ1) is 14.7. The molecule has 1 N–H and O–H groups in total. The van der Waals surface area contributed by atoms with E-state index in [4.69, 9.17) is 4.74 Å². The first-order valence-corrected chi connectivity index (χ1v) is 11.6. The Balaban J connectivity index is 1.26. The average Bonchev–Trinajstić information content (AvgIpc) is 3.15. The van der Waals surface area contributed by atoms with Gasteiger partial charge in [0, 0.05) is 13.0 Å². The number of rotatable bonds is 8.